The van der Waals surface area contributed by atoms with E-state index < -0.39 is 23.4 Å². The van der Waals surface area contributed by atoms with E-state index in [9.17, 15) is 18.0 Å². The van der Waals surface area contributed by atoms with Crippen LogP contribution in [0.15, 0.2) is 12.3 Å². The average Bonchev–Trinajstić information content (AvgIpc) is 2.36. The van der Waals surface area contributed by atoms with E-state index in [1.165, 1.54) is 0 Å². The number of carbonyl (C=O) groups is 1. The van der Waals surface area contributed by atoms with Gasteiger partial charge in [0.25, 0.3) is 0 Å². The maximum absolute atomic E-state index is 12.6. The van der Waals surface area contributed by atoms with Crippen LogP contribution in [-0.4, -0.2) is 23.2 Å². The molecule has 1 aromatic rings. The number of nitrogens with two attached hydrogens (primary N) is 1. The standard InChI is InChI=1S/C15H18F3N3O2/c1-14(2,3)23-13(22)20-7-5-4-6-10-8-11(15(16,17)18)9-21-12(10)19/h8-9H,5,7H2,1-3H3,(H2,19,21)(H,20,22). The Bertz CT molecular complexity index is 626. The van der Waals surface area contributed by atoms with Gasteiger partial charge in [-0.25, -0.2) is 9.78 Å². The fourth-order valence-electron chi connectivity index (χ4n) is 1.43. The molecule has 1 amide bonds. The number of nitrogens with one attached hydrogen (secondary N) is 1. The van der Waals surface area contributed by atoms with Crippen molar-refractivity contribution in [2.45, 2.75) is 39.0 Å². The van der Waals surface area contributed by atoms with Gasteiger partial charge in [0.05, 0.1) is 11.1 Å². The zero-order valence-electron chi connectivity index (χ0n) is 13.0. The molecule has 5 nitrogen and oxygen atoms in total. The number of halogens is 3. The summed E-state index contributed by atoms with van der Waals surface area (Å²) in [5.41, 5.74) is 3.97. The first kappa shape index (κ1) is 18.6. The van der Waals surface area contributed by atoms with Crippen LogP contribution in [0.2, 0.25) is 0 Å². The van der Waals surface area contributed by atoms with Crippen LogP contribution in [0, 0.1) is 11.8 Å². The summed E-state index contributed by atoms with van der Waals surface area (Å²) in [5.74, 6) is 5.07. The van der Waals surface area contributed by atoms with Crippen molar-refractivity contribution >= 4 is 11.9 Å². The van der Waals surface area contributed by atoms with Gasteiger partial charge in [0, 0.05) is 19.2 Å². The number of rotatable bonds is 2. The molecule has 1 heterocycles. The molecular weight excluding hydrogens is 311 g/mol. The van der Waals surface area contributed by atoms with Gasteiger partial charge in [0.2, 0.25) is 0 Å². The third-order valence-corrected chi connectivity index (χ3v) is 2.39. The summed E-state index contributed by atoms with van der Waals surface area (Å²) >= 11 is 0. The molecule has 0 spiro atoms. The summed E-state index contributed by atoms with van der Waals surface area (Å²) in [4.78, 5) is 14.8. The fourth-order valence-corrected chi connectivity index (χ4v) is 1.43. The molecule has 0 saturated heterocycles. The Morgan fingerprint density at radius 1 is 1.39 bits per heavy atom. The molecule has 1 rings (SSSR count). The summed E-state index contributed by atoms with van der Waals surface area (Å²) in [6.07, 6.45) is -4.20. The quantitative estimate of drug-likeness (QED) is 0.646. The van der Waals surface area contributed by atoms with Crippen molar-refractivity contribution in [1.29, 1.82) is 0 Å². The van der Waals surface area contributed by atoms with Crippen molar-refractivity contribution in [2.24, 2.45) is 0 Å². The third-order valence-electron chi connectivity index (χ3n) is 2.39. The Hall–Kier alpha value is -2.43. The number of nitrogen functional groups attached to an aromatic ring is 1. The van der Waals surface area contributed by atoms with Gasteiger partial charge in [-0.2, -0.15) is 13.2 Å². The van der Waals surface area contributed by atoms with E-state index in [2.05, 4.69) is 22.1 Å². The molecule has 8 heteroatoms. The first-order chi connectivity index (χ1) is 10.5. The van der Waals surface area contributed by atoms with E-state index in [1.807, 2.05) is 0 Å². The van der Waals surface area contributed by atoms with Gasteiger partial charge >= 0.3 is 12.3 Å². The Labute approximate surface area is 132 Å². The summed E-state index contributed by atoms with van der Waals surface area (Å²) in [6.45, 7) is 5.40. The molecule has 0 atom stereocenters. The smallest absolute Gasteiger partial charge is 0.417 e. The van der Waals surface area contributed by atoms with Crippen LogP contribution < -0.4 is 11.1 Å². The SMILES string of the molecule is CC(C)(C)OC(=O)NCCC#Cc1cc(C(F)(F)F)cnc1N. The molecule has 0 bridgehead atoms. The third kappa shape index (κ3) is 6.91. The van der Waals surface area contributed by atoms with E-state index in [1.54, 1.807) is 20.8 Å². The Morgan fingerprint density at radius 3 is 2.61 bits per heavy atom. The first-order valence-electron chi connectivity index (χ1n) is 6.77. The van der Waals surface area contributed by atoms with Crippen LogP contribution in [-0.2, 0) is 10.9 Å². The monoisotopic (exact) mass is 329 g/mol. The highest BCUT2D eigenvalue weighted by molar-refractivity contribution is 5.67. The Kier molecular flexibility index (Phi) is 5.85. The van der Waals surface area contributed by atoms with Gasteiger partial charge in [-0.15, -0.1) is 0 Å². The van der Waals surface area contributed by atoms with E-state index in [0.717, 1.165) is 6.07 Å². The normalized spacial score (nSPS) is 11.4. The van der Waals surface area contributed by atoms with Crippen molar-refractivity contribution in [3.63, 3.8) is 0 Å². The number of alkyl carbamates (subject to hydrolysis) is 1. The van der Waals surface area contributed by atoms with Crippen molar-refractivity contribution in [3.05, 3.63) is 23.4 Å². The molecule has 0 aromatic carbocycles. The van der Waals surface area contributed by atoms with Gasteiger partial charge in [-0.05, 0) is 26.8 Å². The van der Waals surface area contributed by atoms with Crippen molar-refractivity contribution < 1.29 is 22.7 Å². The maximum atomic E-state index is 12.6. The average molecular weight is 329 g/mol. The number of nitrogens with zero attached hydrogens (tertiary/aromatic N) is 1. The number of amides is 1. The highest BCUT2D eigenvalue weighted by Gasteiger charge is 2.31. The molecule has 126 valence electrons. The molecule has 0 aliphatic rings. The van der Waals surface area contributed by atoms with Crippen molar-refractivity contribution in [3.8, 4) is 11.8 Å². The minimum Gasteiger partial charge on any atom is -0.444 e. The Morgan fingerprint density at radius 2 is 2.04 bits per heavy atom. The van der Waals surface area contributed by atoms with Gasteiger partial charge < -0.3 is 15.8 Å². The predicted octanol–water partition coefficient (Wildman–Crippen LogP) is 2.95. The summed E-state index contributed by atoms with van der Waals surface area (Å²) in [7, 11) is 0. The molecule has 0 aliphatic heterocycles. The van der Waals surface area contributed by atoms with E-state index >= 15 is 0 Å². The first-order valence-corrected chi connectivity index (χ1v) is 6.77. The molecule has 0 aliphatic carbocycles. The molecule has 3 N–H and O–H groups in total. The zero-order valence-corrected chi connectivity index (χ0v) is 13.0. The van der Waals surface area contributed by atoms with Gasteiger partial charge in [-0.3, -0.25) is 0 Å². The second kappa shape index (κ2) is 7.22. The summed E-state index contributed by atoms with van der Waals surface area (Å²) < 4.78 is 42.8. The lowest BCUT2D eigenvalue weighted by molar-refractivity contribution is -0.137. The van der Waals surface area contributed by atoms with E-state index in [4.69, 9.17) is 10.5 Å². The summed E-state index contributed by atoms with van der Waals surface area (Å²) in [5, 5.41) is 2.49. The maximum Gasteiger partial charge on any atom is 0.417 e. The van der Waals surface area contributed by atoms with Crippen molar-refractivity contribution in [1.82, 2.24) is 10.3 Å². The van der Waals surface area contributed by atoms with Crippen LogP contribution in [0.3, 0.4) is 0 Å². The number of hydrogen-bond acceptors (Lipinski definition) is 4. The minimum absolute atomic E-state index is 0.00269. The van der Waals surface area contributed by atoms with Crippen LogP contribution >= 0.6 is 0 Å². The Balaban J connectivity index is 2.59. The van der Waals surface area contributed by atoms with E-state index in [0.29, 0.717) is 6.20 Å². The highest BCUT2D eigenvalue weighted by atomic mass is 19.4. The second-order valence-corrected chi connectivity index (χ2v) is 5.63. The molecule has 0 fully saturated rings. The summed E-state index contributed by atoms with van der Waals surface area (Å²) in [6, 6.07) is 0.844. The molecular formula is C15H18F3N3O2. The number of hydrogen-bond donors (Lipinski definition) is 2. The number of carbonyl (C=O) groups excluding carboxylic acids is 1. The molecule has 0 radical (unpaired) electrons. The van der Waals surface area contributed by atoms with Crippen LogP contribution in [0.1, 0.15) is 38.3 Å². The van der Waals surface area contributed by atoms with Crippen LogP contribution in [0.25, 0.3) is 0 Å². The lowest BCUT2D eigenvalue weighted by atomic mass is 10.2. The lowest BCUT2D eigenvalue weighted by Gasteiger charge is -2.19. The fraction of sp³-hybridized carbons (Fsp3) is 0.467. The number of anilines is 1. The largest absolute Gasteiger partial charge is 0.444 e. The number of ether oxygens (including phenoxy) is 1. The van der Waals surface area contributed by atoms with Gasteiger partial charge in [0.1, 0.15) is 11.4 Å². The van der Waals surface area contributed by atoms with Crippen LogP contribution in [0.4, 0.5) is 23.8 Å². The predicted molar refractivity (Wildman–Crippen MR) is 79.4 cm³/mol. The van der Waals surface area contributed by atoms with Gasteiger partial charge in [-0.1, -0.05) is 11.8 Å². The lowest BCUT2D eigenvalue weighted by Crippen LogP contribution is -2.32. The molecule has 0 unspecified atom stereocenters. The van der Waals surface area contributed by atoms with Crippen LogP contribution in [0.5, 0.6) is 0 Å². The molecule has 0 saturated carbocycles. The van der Waals surface area contributed by atoms with E-state index in [-0.39, 0.29) is 24.3 Å². The zero-order chi connectivity index (χ0) is 17.7. The number of alkyl halides is 3. The minimum atomic E-state index is -4.50. The second-order valence-electron chi connectivity index (χ2n) is 5.63. The molecule has 1 aromatic heterocycles. The molecule has 23 heavy (non-hydrogen) atoms. The van der Waals surface area contributed by atoms with Crippen molar-refractivity contribution in [2.75, 3.05) is 12.3 Å². The number of aromatic nitrogens is 1. The number of pyridine rings is 1. The van der Waals surface area contributed by atoms with Gasteiger partial charge in [0.15, 0.2) is 0 Å². The topological polar surface area (TPSA) is 77.2 Å². The highest BCUT2D eigenvalue weighted by Crippen LogP contribution is 2.29.